The molecule has 0 saturated carbocycles. The van der Waals surface area contributed by atoms with Crippen molar-refractivity contribution in [1.29, 1.82) is 0 Å². The number of furan rings is 1. The van der Waals surface area contributed by atoms with Crippen LogP contribution >= 0.6 is 11.6 Å². The maximum absolute atomic E-state index is 13.1. The van der Waals surface area contributed by atoms with E-state index in [1.807, 2.05) is 66.7 Å². The van der Waals surface area contributed by atoms with Crippen LogP contribution < -0.4 is 5.32 Å². The second-order valence-electron chi connectivity index (χ2n) is 8.83. The normalized spacial score (nSPS) is 16.1. The predicted octanol–water partition coefficient (Wildman–Crippen LogP) is 7.16. The van der Waals surface area contributed by atoms with E-state index in [1.54, 1.807) is 0 Å². The van der Waals surface area contributed by atoms with Gasteiger partial charge in [-0.25, -0.2) is 0 Å². The number of benzene rings is 3. The highest BCUT2D eigenvalue weighted by molar-refractivity contribution is 6.30. The number of nitrogens with one attached hydrogen (secondary N) is 1. The zero-order chi connectivity index (χ0) is 22.8. The second-order valence-corrected chi connectivity index (χ2v) is 9.27. The van der Waals surface area contributed by atoms with Crippen LogP contribution in [0.5, 0.6) is 0 Å². The minimum atomic E-state index is -0.148. The van der Waals surface area contributed by atoms with E-state index >= 15 is 0 Å². The summed E-state index contributed by atoms with van der Waals surface area (Å²) in [6.45, 7) is 4.25. The van der Waals surface area contributed by atoms with Crippen LogP contribution in [0.15, 0.2) is 83.3 Å². The van der Waals surface area contributed by atoms with Gasteiger partial charge in [0.1, 0.15) is 11.3 Å². The standard InChI is InChI=1S/C28H27ClN2O2/c1-19-15-17-31(18-16-19)26(20-11-13-22(29)14-12-20)27-25(23-9-5-6-10-24(23)33-27)30-28(32)21-7-3-2-4-8-21/h2-14,19,26H,15-18H2,1H3,(H,30,32)/t26-/m1/s1. The van der Waals surface area contributed by atoms with Gasteiger partial charge in [0.25, 0.3) is 5.91 Å². The van der Waals surface area contributed by atoms with Crippen LogP contribution in [0.25, 0.3) is 11.0 Å². The number of piperidine rings is 1. The number of amides is 1. The number of hydrogen-bond donors (Lipinski definition) is 1. The molecule has 5 rings (SSSR count). The average molecular weight is 459 g/mol. The highest BCUT2D eigenvalue weighted by Gasteiger charge is 2.32. The molecule has 1 saturated heterocycles. The number of para-hydroxylation sites is 1. The molecule has 0 unspecified atom stereocenters. The summed E-state index contributed by atoms with van der Waals surface area (Å²) in [7, 11) is 0. The van der Waals surface area contributed by atoms with Gasteiger partial charge >= 0.3 is 0 Å². The molecule has 3 aromatic carbocycles. The van der Waals surface area contributed by atoms with Crippen molar-refractivity contribution in [3.05, 3.63) is 101 Å². The molecule has 0 radical (unpaired) electrons. The summed E-state index contributed by atoms with van der Waals surface area (Å²) in [5.74, 6) is 1.32. The lowest BCUT2D eigenvalue weighted by molar-refractivity contribution is 0.102. The molecule has 33 heavy (non-hydrogen) atoms. The van der Waals surface area contributed by atoms with Gasteiger partial charge < -0.3 is 9.73 Å². The maximum Gasteiger partial charge on any atom is 0.255 e. The first kappa shape index (κ1) is 21.7. The van der Waals surface area contributed by atoms with Crippen molar-refractivity contribution in [3.8, 4) is 0 Å². The van der Waals surface area contributed by atoms with E-state index in [9.17, 15) is 4.79 Å². The molecule has 1 aliphatic rings. The lowest BCUT2D eigenvalue weighted by Crippen LogP contribution is -2.37. The van der Waals surface area contributed by atoms with Crippen molar-refractivity contribution in [2.75, 3.05) is 18.4 Å². The van der Waals surface area contributed by atoms with Gasteiger partial charge in [0.05, 0.1) is 11.7 Å². The van der Waals surface area contributed by atoms with Crippen molar-refractivity contribution in [3.63, 3.8) is 0 Å². The van der Waals surface area contributed by atoms with Gasteiger partial charge in [-0.2, -0.15) is 0 Å². The third-order valence-corrected chi connectivity index (χ3v) is 6.77. The van der Waals surface area contributed by atoms with E-state index in [-0.39, 0.29) is 11.9 Å². The molecule has 168 valence electrons. The number of hydrogen-bond acceptors (Lipinski definition) is 3. The van der Waals surface area contributed by atoms with E-state index in [2.05, 4.69) is 29.3 Å². The summed E-state index contributed by atoms with van der Waals surface area (Å²) in [6, 6.07) is 25.0. The molecule has 0 bridgehead atoms. The van der Waals surface area contributed by atoms with Crippen LogP contribution in [0.3, 0.4) is 0 Å². The monoisotopic (exact) mass is 458 g/mol. The van der Waals surface area contributed by atoms with E-state index in [4.69, 9.17) is 16.0 Å². The molecule has 0 spiro atoms. The van der Waals surface area contributed by atoms with Crippen molar-refractivity contribution >= 4 is 34.2 Å². The van der Waals surface area contributed by atoms with Crippen molar-refractivity contribution in [1.82, 2.24) is 4.90 Å². The molecule has 1 fully saturated rings. The Balaban J connectivity index is 1.62. The summed E-state index contributed by atoms with van der Waals surface area (Å²) in [6.07, 6.45) is 2.27. The Bertz CT molecular complexity index is 1240. The zero-order valence-corrected chi connectivity index (χ0v) is 19.4. The number of rotatable bonds is 5. The van der Waals surface area contributed by atoms with E-state index in [0.29, 0.717) is 16.5 Å². The van der Waals surface area contributed by atoms with Crippen LogP contribution in [0.1, 0.15) is 47.5 Å². The maximum atomic E-state index is 13.1. The molecule has 1 N–H and O–H groups in total. The summed E-state index contributed by atoms with van der Waals surface area (Å²) >= 11 is 6.21. The SMILES string of the molecule is CC1CCN([C@H](c2ccc(Cl)cc2)c2oc3ccccc3c2NC(=O)c2ccccc2)CC1. The summed E-state index contributed by atoms with van der Waals surface area (Å²) in [4.78, 5) is 15.6. The van der Waals surface area contributed by atoms with Crippen molar-refractivity contribution in [2.45, 2.75) is 25.8 Å². The molecule has 0 aliphatic carbocycles. The van der Waals surface area contributed by atoms with Gasteiger partial charge in [-0.3, -0.25) is 9.69 Å². The Labute approximate surface area is 199 Å². The molecule has 1 amide bonds. The summed E-state index contributed by atoms with van der Waals surface area (Å²) in [5, 5.41) is 4.78. The molecule has 4 aromatic rings. The Hall–Kier alpha value is -3.08. The first-order chi connectivity index (χ1) is 16.1. The number of nitrogens with zero attached hydrogens (tertiary/aromatic N) is 1. The first-order valence-electron chi connectivity index (χ1n) is 11.5. The first-order valence-corrected chi connectivity index (χ1v) is 11.9. The molecular formula is C28H27ClN2O2. The molecular weight excluding hydrogens is 432 g/mol. The molecule has 4 nitrogen and oxygen atoms in total. The summed E-state index contributed by atoms with van der Waals surface area (Å²) < 4.78 is 6.47. The fourth-order valence-corrected chi connectivity index (χ4v) is 4.75. The van der Waals surface area contributed by atoms with Crippen LogP contribution in [0.4, 0.5) is 5.69 Å². The van der Waals surface area contributed by atoms with Gasteiger partial charge in [-0.1, -0.05) is 61.0 Å². The molecule has 2 heterocycles. The smallest absolute Gasteiger partial charge is 0.255 e. The second kappa shape index (κ2) is 9.42. The number of likely N-dealkylation sites (tertiary alicyclic amines) is 1. The average Bonchev–Trinajstić information content (AvgIpc) is 3.20. The predicted molar refractivity (Wildman–Crippen MR) is 134 cm³/mol. The van der Waals surface area contributed by atoms with E-state index in [0.717, 1.165) is 53.9 Å². The third-order valence-electron chi connectivity index (χ3n) is 6.51. The molecule has 1 aromatic heterocycles. The van der Waals surface area contributed by atoms with Gasteiger partial charge in [0, 0.05) is 16.0 Å². The minimum Gasteiger partial charge on any atom is -0.457 e. The Kier molecular flexibility index (Phi) is 6.21. The van der Waals surface area contributed by atoms with Crippen LogP contribution in [-0.4, -0.2) is 23.9 Å². The minimum absolute atomic E-state index is 0.117. The summed E-state index contributed by atoms with van der Waals surface area (Å²) in [5.41, 5.74) is 3.21. The quantitative estimate of drug-likeness (QED) is 0.345. The van der Waals surface area contributed by atoms with Gasteiger partial charge in [-0.15, -0.1) is 0 Å². The van der Waals surface area contributed by atoms with Gasteiger partial charge in [0.15, 0.2) is 0 Å². The van der Waals surface area contributed by atoms with Crippen LogP contribution in [-0.2, 0) is 0 Å². The van der Waals surface area contributed by atoms with E-state index in [1.165, 1.54) is 0 Å². The van der Waals surface area contributed by atoms with Crippen LogP contribution in [0.2, 0.25) is 5.02 Å². The van der Waals surface area contributed by atoms with Gasteiger partial charge in [0.2, 0.25) is 0 Å². The Morgan fingerprint density at radius 3 is 2.36 bits per heavy atom. The Morgan fingerprint density at radius 1 is 0.970 bits per heavy atom. The number of carbonyl (C=O) groups excluding carboxylic acids is 1. The van der Waals surface area contributed by atoms with Gasteiger partial charge in [-0.05, 0) is 73.8 Å². The largest absolute Gasteiger partial charge is 0.457 e. The highest BCUT2D eigenvalue weighted by atomic mass is 35.5. The van der Waals surface area contributed by atoms with Crippen molar-refractivity contribution in [2.24, 2.45) is 5.92 Å². The highest BCUT2D eigenvalue weighted by Crippen LogP contribution is 2.42. The molecule has 1 aliphatic heterocycles. The zero-order valence-electron chi connectivity index (χ0n) is 18.6. The lowest BCUT2D eigenvalue weighted by Gasteiger charge is -2.36. The third kappa shape index (κ3) is 4.54. The number of halogens is 1. The molecule has 1 atom stereocenters. The molecule has 5 heteroatoms. The lowest BCUT2D eigenvalue weighted by atomic mass is 9.94. The fourth-order valence-electron chi connectivity index (χ4n) is 4.62. The fraction of sp³-hybridized carbons (Fsp3) is 0.250. The number of anilines is 1. The van der Waals surface area contributed by atoms with E-state index < -0.39 is 0 Å². The Morgan fingerprint density at radius 2 is 1.64 bits per heavy atom. The number of fused-ring (bicyclic) bond motifs is 1. The van der Waals surface area contributed by atoms with Crippen LogP contribution in [0, 0.1) is 5.92 Å². The topological polar surface area (TPSA) is 45.5 Å². The van der Waals surface area contributed by atoms with Crippen molar-refractivity contribution < 1.29 is 9.21 Å². The number of carbonyl (C=O) groups is 1.